The van der Waals surface area contributed by atoms with Crippen molar-refractivity contribution in [2.24, 2.45) is 0 Å². The summed E-state index contributed by atoms with van der Waals surface area (Å²) in [5.74, 6) is -0.340. The van der Waals surface area contributed by atoms with Gasteiger partial charge in [-0.1, -0.05) is 66.5 Å². The van der Waals surface area contributed by atoms with Crippen molar-refractivity contribution in [3.8, 4) is 0 Å². The maximum absolute atomic E-state index is 13.3. The van der Waals surface area contributed by atoms with Crippen LogP contribution in [0.25, 0.3) is 0 Å². The van der Waals surface area contributed by atoms with Crippen molar-refractivity contribution in [3.63, 3.8) is 0 Å². The van der Waals surface area contributed by atoms with Gasteiger partial charge in [0.25, 0.3) is 0 Å². The number of rotatable bonds is 7. The van der Waals surface area contributed by atoms with Gasteiger partial charge in [0.05, 0.1) is 6.42 Å². The van der Waals surface area contributed by atoms with E-state index in [-0.39, 0.29) is 24.8 Å². The van der Waals surface area contributed by atoms with Crippen LogP contribution in [0.15, 0.2) is 48.5 Å². The highest BCUT2D eigenvalue weighted by molar-refractivity contribution is 6.36. The summed E-state index contributed by atoms with van der Waals surface area (Å²) in [5, 5.41) is 3.93. The van der Waals surface area contributed by atoms with Crippen LogP contribution in [0.2, 0.25) is 10.0 Å². The summed E-state index contributed by atoms with van der Waals surface area (Å²) >= 11 is 12.7. The number of hydrogen-bond acceptors (Lipinski definition) is 2. The van der Waals surface area contributed by atoms with E-state index in [1.165, 1.54) is 0 Å². The first kappa shape index (κ1) is 23.2. The van der Waals surface area contributed by atoms with Gasteiger partial charge < -0.3 is 10.2 Å². The fraction of sp³-hybridized carbons (Fsp3) is 0.391. The quantitative estimate of drug-likeness (QED) is 0.645. The lowest BCUT2D eigenvalue weighted by molar-refractivity contribution is -0.141. The topological polar surface area (TPSA) is 49.4 Å². The Labute approximate surface area is 183 Å². The third-order valence-corrected chi connectivity index (χ3v) is 5.18. The Morgan fingerprint density at radius 1 is 1.00 bits per heavy atom. The summed E-state index contributed by atoms with van der Waals surface area (Å²) in [4.78, 5) is 27.8. The number of benzene rings is 2. The van der Waals surface area contributed by atoms with E-state index in [9.17, 15) is 9.59 Å². The van der Waals surface area contributed by atoms with E-state index in [4.69, 9.17) is 23.2 Å². The lowest BCUT2D eigenvalue weighted by atomic mass is 10.0. The standard InChI is InChI=1S/C23H28Cl2N2O2/c1-5-20(22(29)26-23(2,3)4)27(15-17-18(24)12-9-13-19(17)25)21(28)14-16-10-7-6-8-11-16/h6-13,20H,5,14-15H2,1-4H3,(H,26,29)/t20-/m1/s1. The fourth-order valence-electron chi connectivity index (χ4n) is 3.10. The summed E-state index contributed by atoms with van der Waals surface area (Å²) in [6.07, 6.45) is 0.673. The van der Waals surface area contributed by atoms with Gasteiger partial charge in [0.15, 0.2) is 0 Å². The van der Waals surface area contributed by atoms with Gasteiger partial charge in [0, 0.05) is 27.7 Å². The Kier molecular flexibility index (Phi) is 8.12. The molecule has 1 atom stereocenters. The van der Waals surface area contributed by atoms with E-state index in [2.05, 4.69) is 5.32 Å². The highest BCUT2D eigenvalue weighted by atomic mass is 35.5. The molecule has 0 aliphatic rings. The van der Waals surface area contributed by atoms with Gasteiger partial charge in [-0.15, -0.1) is 0 Å². The van der Waals surface area contributed by atoms with Crippen LogP contribution in [0.5, 0.6) is 0 Å². The summed E-state index contributed by atoms with van der Waals surface area (Å²) in [5.41, 5.74) is 1.12. The van der Waals surface area contributed by atoms with Gasteiger partial charge in [-0.2, -0.15) is 0 Å². The molecule has 0 fully saturated rings. The third kappa shape index (κ3) is 6.76. The van der Waals surface area contributed by atoms with Gasteiger partial charge in [-0.3, -0.25) is 9.59 Å². The minimum atomic E-state index is -0.627. The van der Waals surface area contributed by atoms with Crippen molar-refractivity contribution in [1.82, 2.24) is 10.2 Å². The number of halogens is 2. The molecule has 2 amide bonds. The Bertz CT molecular complexity index is 827. The Balaban J connectivity index is 2.37. The molecule has 0 aliphatic heterocycles. The van der Waals surface area contributed by atoms with E-state index in [1.54, 1.807) is 23.1 Å². The van der Waals surface area contributed by atoms with Gasteiger partial charge >= 0.3 is 0 Å². The first-order valence-electron chi connectivity index (χ1n) is 9.70. The Morgan fingerprint density at radius 3 is 2.10 bits per heavy atom. The molecule has 2 rings (SSSR count). The molecular weight excluding hydrogens is 407 g/mol. The predicted molar refractivity (Wildman–Crippen MR) is 119 cm³/mol. The largest absolute Gasteiger partial charge is 0.350 e. The molecule has 2 aromatic carbocycles. The van der Waals surface area contributed by atoms with Crippen LogP contribution in [0.3, 0.4) is 0 Å². The van der Waals surface area contributed by atoms with Gasteiger partial charge in [-0.05, 0) is 44.9 Å². The van der Waals surface area contributed by atoms with Crippen LogP contribution >= 0.6 is 23.2 Å². The lowest BCUT2D eigenvalue weighted by Crippen LogP contribution is -2.53. The minimum Gasteiger partial charge on any atom is -0.350 e. The van der Waals surface area contributed by atoms with E-state index in [0.717, 1.165) is 5.56 Å². The van der Waals surface area contributed by atoms with E-state index in [0.29, 0.717) is 22.0 Å². The van der Waals surface area contributed by atoms with Gasteiger partial charge in [0.1, 0.15) is 6.04 Å². The second kappa shape index (κ2) is 10.1. The Morgan fingerprint density at radius 2 is 1.59 bits per heavy atom. The molecule has 1 N–H and O–H groups in total. The summed E-state index contributed by atoms with van der Waals surface area (Å²) in [6, 6.07) is 14.1. The SMILES string of the molecule is CC[C@H](C(=O)NC(C)(C)C)N(Cc1c(Cl)cccc1Cl)C(=O)Cc1ccccc1. The molecule has 6 heteroatoms. The minimum absolute atomic E-state index is 0.150. The number of carbonyl (C=O) groups excluding carboxylic acids is 2. The van der Waals surface area contributed by atoms with E-state index < -0.39 is 11.6 Å². The highest BCUT2D eigenvalue weighted by Gasteiger charge is 2.31. The van der Waals surface area contributed by atoms with Crippen molar-refractivity contribution < 1.29 is 9.59 Å². The molecule has 0 radical (unpaired) electrons. The Hall–Kier alpha value is -2.04. The van der Waals surface area contributed by atoms with E-state index >= 15 is 0 Å². The molecule has 0 saturated carbocycles. The van der Waals surface area contributed by atoms with Crippen molar-refractivity contribution in [3.05, 3.63) is 69.7 Å². The maximum Gasteiger partial charge on any atom is 0.243 e. The van der Waals surface area contributed by atoms with Crippen LogP contribution in [-0.4, -0.2) is 28.3 Å². The average molecular weight is 435 g/mol. The number of hydrogen-bond donors (Lipinski definition) is 1. The van der Waals surface area contributed by atoms with Crippen molar-refractivity contribution in [2.75, 3.05) is 0 Å². The smallest absolute Gasteiger partial charge is 0.243 e. The van der Waals surface area contributed by atoms with Crippen LogP contribution in [0.4, 0.5) is 0 Å². The second-order valence-electron chi connectivity index (χ2n) is 8.05. The predicted octanol–water partition coefficient (Wildman–Crippen LogP) is 5.26. The zero-order valence-corrected chi connectivity index (χ0v) is 18.8. The number of carbonyl (C=O) groups is 2. The molecular formula is C23H28Cl2N2O2. The van der Waals surface area contributed by atoms with Gasteiger partial charge in [0.2, 0.25) is 11.8 Å². The highest BCUT2D eigenvalue weighted by Crippen LogP contribution is 2.27. The molecule has 156 valence electrons. The van der Waals surface area contributed by atoms with Crippen LogP contribution < -0.4 is 5.32 Å². The van der Waals surface area contributed by atoms with Gasteiger partial charge in [-0.25, -0.2) is 0 Å². The molecule has 2 aromatic rings. The molecule has 0 saturated heterocycles. The number of amides is 2. The third-order valence-electron chi connectivity index (χ3n) is 4.47. The van der Waals surface area contributed by atoms with E-state index in [1.807, 2.05) is 58.0 Å². The molecule has 0 aliphatic carbocycles. The molecule has 0 heterocycles. The van der Waals surface area contributed by atoms with Crippen molar-refractivity contribution in [1.29, 1.82) is 0 Å². The first-order chi connectivity index (χ1) is 13.6. The van der Waals surface area contributed by atoms with Crippen molar-refractivity contribution >= 4 is 35.0 Å². The van der Waals surface area contributed by atoms with Crippen molar-refractivity contribution in [2.45, 2.75) is 58.7 Å². The molecule has 0 unspecified atom stereocenters. The first-order valence-corrected chi connectivity index (χ1v) is 10.5. The summed E-state index contributed by atoms with van der Waals surface area (Å²) < 4.78 is 0. The molecule has 29 heavy (non-hydrogen) atoms. The lowest BCUT2D eigenvalue weighted by Gasteiger charge is -2.33. The molecule has 0 bridgehead atoms. The normalized spacial score (nSPS) is 12.3. The fourth-order valence-corrected chi connectivity index (χ4v) is 3.62. The molecule has 0 aromatic heterocycles. The molecule has 4 nitrogen and oxygen atoms in total. The summed E-state index contributed by atoms with van der Waals surface area (Å²) in [7, 11) is 0. The second-order valence-corrected chi connectivity index (χ2v) is 8.86. The number of nitrogens with one attached hydrogen (secondary N) is 1. The van der Waals surface area contributed by atoms with Crippen LogP contribution in [0, 0.1) is 0 Å². The average Bonchev–Trinajstić information content (AvgIpc) is 2.63. The van der Waals surface area contributed by atoms with Crippen LogP contribution in [0.1, 0.15) is 45.2 Å². The maximum atomic E-state index is 13.3. The molecule has 0 spiro atoms. The number of nitrogens with zero attached hydrogens (tertiary/aromatic N) is 1. The zero-order valence-electron chi connectivity index (χ0n) is 17.3. The van der Waals surface area contributed by atoms with Crippen LogP contribution in [-0.2, 0) is 22.6 Å². The zero-order chi connectivity index (χ0) is 21.6. The summed E-state index contributed by atoms with van der Waals surface area (Å²) in [6.45, 7) is 7.81. The monoisotopic (exact) mass is 434 g/mol.